The quantitative estimate of drug-likeness (QED) is 0.872. The van der Waals surface area contributed by atoms with Gasteiger partial charge >= 0.3 is 0 Å². The van der Waals surface area contributed by atoms with E-state index >= 15 is 0 Å². The van der Waals surface area contributed by atoms with Crippen molar-refractivity contribution in [1.29, 1.82) is 0 Å². The van der Waals surface area contributed by atoms with E-state index in [1.807, 2.05) is 12.1 Å². The number of nitrogen functional groups attached to an aromatic ring is 2. The molecule has 0 spiro atoms. The third kappa shape index (κ3) is 3.91. The van der Waals surface area contributed by atoms with Crippen LogP contribution in [0.15, 0.2) is 30.6 Å². The highest BCUT2D eigenvalue weighted by Gasteiger charge is 2.20. The van der Waals surface area contributed by atoms with Crippen LogP contribution in [-0.4, -0.2) is 47.3 Å². The molecule has 0 bridgehead atoms. The van der Waals surface area contributed by atoms with E-state index in [4.69, 9.17) is 16.2 Å². The second-order valence-corrected chi connectivity index (χ2v) is 5.92. The lowest BCUT2D eigenvalue weighted by atomic mass is 10.1. The number of anilines is 2. The summed E-state index contributed by atoms with van der Waals surface area (Å²) in [5.74, 6) is 1.11. The molecule has 3 rings (SSSR count). The summed E-state index contributed by atoms with van der Waals surface area (Å²) in [6.07, 6.45) is 5.26. The first kappa shape index (κ1) is 16.4. The fraction of sp³-hybridized carbons (Fsp3) is 0.412. The molecule has 0 atom stereocenters. The second-order valence-electron chi connectivity index (χ2n) is 5.92. The zero-order valence-electron chi connectivity index (χ0n) is 13.5. The Morgan fingerprint density at radius 3 is 2.58 bits per heavy atom. The lowest BCUT2D eigenvalue weighted by molar-refractivity contribution is 0.0966. The minimum absolute atomic E-state index is 0.150. The summed E-state index contributed by atoms with van der Waals surface area (Å²) >= 11 is 0. The first-order valence-electron chi connectivity index (χ1n) is 8.08. The van der Waals surface area contributed by atoms with Crippen molar-refractivity contribution in [3.63, 3.8) is 0 Å². The fourth-order valence-corrected chi connectivity index (χ4v) is 2.87. The van der Waals surface area contributed by atoms with E-state index < -0.39 is 0 Å². The summed E-state index contributed by atoms with van der Waals surface area (Å²) in [6, 6.07) is 5.36. The molecule has 0 aliphatic carbocycles. The number of nitrogens with two attached hydrogens (primary N) is 2. The van der Waals surface area contributed by atoms with Crippen LogP contribution in [0.5, 0.6) is 5.75 Å². The van der Waals surface area contributed by atoms with Gasteiger partial charge in [-0.1, -0.05) is 0 Å². The average Bonchev–Trinajstić information content (AvgIpc) is 2.58. The molecule has 1 saturated heterocycles. The van der Waals surface area contributed by atoms with Crippen LogP contribution < -0.4 is 16.2 Å². The third-order valence-electron chi connectivity index (χ3n) is 4.21. The van der Waals surface area contributed by atoms with Crippen molar-refractivity contribution in [2.45, 2.75) is 18.9 Å². The third-order valence-corrected chi connectivity index (χ3v) is 4.21. The molecule has 1 aliphatic rings. The number of pyridine rings is 2. The lowest BCUT2D eigenvalue weighted by Gasteiger charge is -2.31. The maximum Gasteiger partial charge on any atom is 0.138 e. The van der Waals surface area contributed by atoms with E-state index in [-0.39, 0.29) is 12.8 Å². The number of hydrogen-bond acceptors (Lipinski definition) is 6. The average molecular weight is 331 g/mol. The number of alkyl halides is 1. The van der Waals surface area contributed by atoms with Crippen LogP contribution >= 0.6 is 0 Å². The van der Waals surface area contributed by atoms with E-state index in [0.29, 0.717) is 18.1 Å². The standard InChI is InChI=1S/C17H22FN5O/c18-5-8-23-6-3-12(4-7-23)24-13-1-2-16(21-10-13)14-11-22-17(20)9-15(14)19/h1-2,9-12H,3-8H2,(H4,19,20,22). The predicted octanol–water partition coefficient (Wildman–Crippen LogP) is 2.12. The zero-order chi connectivity index (χ0) is 16.9. The van der Waals surface area contributed by atoms with Gasteiger partial charge in [-0.05, 0) is 25.0 Å². The summed E-state index contributed by atoms with van der Waals surface area (Å²) in [5.41, 5.74) is 13.6. The van der Waals surface area contributed by atoms with Gasteiger partial charge in [0.05, 0.1) is 11.9 Å². The first-order chi connectivity index (χ1) is 11.7. The van der Waals surface area contributed by atoms with E-state index in [2.05, 4.69) is 14.9 Å². The number of hydrogen-bond donors (Lipinski definition) is 2. The van der Waals surface area contributed by atoms with E-state index in [9.17, 15) is 4.39 Å². The maximum atomic E-state index is 12.3. The molecule has 128 valence electrons. The Bertz CT molecular complexity index is 671. The van der Waals surface area contributed by atoms with Gasteiger partial charge in [-0.2, -0.15) is 0 Å². The summed E-state index contributed by atoms with van der Waals surface area (Å²) in [5, 5.41) is 0. The topological polar surface area (TPSA) is 90.3 Å². The minimum atomic E-state index is -0.292. The fourth-order valence-electron chi connectivity index (χ4n) is 2.87. The molecule has 2 aromatic rings. The molecular weight excluding hydrogens is 309 g/mol. The Hall–Kier alpha value is -2.41. The Labute approximate surface area is 140 Å². The monoisotopic (exact) mass is 331 g/mol. The summed E-state index contributed by atoms with van der Waals surface area (Å²) in [6.45, 7) is 1.96. The number of aromatic nitrogens is 2. The highest BCUT2D eigenvalue weighted by atomic mass is 19.1. The van der Waals surface area contributed by atoms with Crippen LogP contribution in [0.4, 0.5) is 15.9 Å². The van der Waals surface area contributed by atoms with Gasteiger partial charge in [0.2, 0.25) is 0 Å². The number of nitrogens with zero attached hydrogens (tertiary/aromatic N) is 3. The van der Waals surface area contributed by atoms with Gasteiger partial charge in [0.25, 0.3) is 0 Å². The van der Waals surface area contributed by atoms with Crippen molar-refractivity contribution in [2.24, 2.45) is 0 Å². The van der Waals surface area contributed by atoms with Crippen molar-refractivity contribution in [1.82, 2.24) is 14.9 Å². The predicted molar refractivity (Wildman–Crippen MR) is 92.4 cm³/mol. The van der Waals surface area contributed by atoms with Crippen LogP contribution in [0.25, 0.3) is 11.3 Å². The molecule has 0 amide bonds. The Balaban J connectivity index is 1.61. The molecule has 7 heteroatoms. The summed E-state index contributed by atoms with van der Waals surface area (Å²) < 4.78 is 18.3. The number of halogens is 1. The van der Waals surface area contributed by atoms with Gasteiger partial charge in [-0.3, -0.25) is 4.98 Å². The van der Waals surface area contributed by atoms with Crippen LogP contribution in [-0.2, 0) is 0 Å². The molecule has 24 heavy (non-hydrogen) atoms. The normalized spacial score (nSPS) is 16.2. The molecule has 0 saturated carbocycles. The van der Waals surface area contributed by atoms with E-state index in [1.54, 1.807) is 18.5 Å². The number of likely N-dealkylation sites (tertiary alicyclic amines) is 1. The largest absolute Gasteiger partial charge is 0.489 e. The highest BCUT2D eigenvalue weighted by Crippen LogP contribution is 2.26. The molecule has 2 aromatic heterocycles. The molecule has 0 radical (unpaired) electrons. The minimum Gasteiger partial charge on any atom is -0.489 e. The summed E-state index contributed by atoms with van der Waals surface area (Å²) in [7, 11) is 0. The van der Waals surface area contributed by atoms with Gasteiger partial charge in [0.15, 0.2) is 0 Å². The SMILES string of the molecule is Nc1cc(N)c(-c2ccc(OC3CCN(CCF)CC3)cn2)cn1. The van der Waals surface area contributed by atoms with Crippen molar-refractivity contribution >= 4 is 11.5 Å². The first-order valence-corrected chi connectivity index (χ1v) is 8.08. The Morgan fingerprint density at radius 1 is 1.17 bits per heavy atom. The second kappa shape index (κ2) is 7.44. The molecule has 0 unspecified atom stereocenters. The van der Waals surface area contributed by atoms with Crippen molar-refractivity contribution in [3.05, 3.63) is 30.6 Å². The van der Waals surface area contributed by atoms with Gasteiger partial charge in [0.1, 0.15) is 24.3 Å². The van der Waals surface area contributed by atoms with Crippen LogP contribution in [0.3, 0.4) is 0 Å². The number of ether oxygens (including phenoxy) is 1. The van der Waals surface area contributed by atoms with Gasteiger partial charge in [-0.15, -0.1) is 0 Å². The molecule has 3 heterocycles. The molecule has 6 nitrogen and oxygen atoms in total. The number of piperidine rings is 1. The molecule has 1 fully saturated rings. The lowest BCUT2D eigenvalue weighted by Crippen LogP contribution is -2.39. The van der Waals surface area contributed by atoms with Crippen LogP contribution in [0, 0.1) is 0 Å². The van der Waals surface area contributed by atoms with Gasteiger partial charge in [0, 0.05) is 43.1 Å². The highest BCUT2D eigenvalue weighted by molar-refractivity contribution is 5.74. The smallest absolute Gasteiger partial charge is 0.138 e. The van der Waals surface area contributed by atoms with Gasteiger partial charge in [-0.25, -0.2) is 9.37 Å². The Morgan fingerprint density at radius 2 is 1.96 bits per heavy atom. The molecular formula is C17H22FN5O. The molecule has 1 aliphatic heterocycles. The summed E-state index contributed by atoms with van der Waals surface area (Å²) in [4.78, 5) is 10.6. The van der Waals surface area contributed by atoms with E-state index in [1.165, 1.54) is 0 Å². The van der Waals surface area contributed by atoms with Crippen LogP contribution in [0.1, 0.15) is 12.8 Å². The molecule has 0 aromatic carbocycles. The van der Waals surface area contributed by atoms with Crippen molar-refractivity contribution in [2.75, 3.05) is 37.8 Å². The van der Waals surface area contributed by atoms with Gasteiger partial charge < -0.3 is 21.1 Å². The van der Waals surface area contributed by atoms with Crippen LogP contribution in [0.2, 0.25) is 0 Å². The zero-order valence-corrected chi connectivity index (χ0v) is 13.5. The molecule has 4 N–H and O–H groups in total. The number of rotatable bonds is 5. The van der Waals surface area contributed by atoms with E-state index in [0.717, 1.165) is 42.9 Å². The Kier molecular flexibility index (Phi) is 5.10. The maximum absolute atomic E-state index is 12.3. The van der Waals surface area contributed by atoms with Crippen molar-refractivity contribution < 1.29 is 9.13 Å². The van der Waals surface area contributed by atoms with Crippen molar-refractivity contribution in [3.8, 4) is 17.0 Å².